The summed E-state index contributed by atoms with van der Waals surface area (Å²) >= 11 is 0. The average molecular weight is 385 g/mol. The molecule has 2 unspecified atom stereocenters. The summed E-state index contributed by atoms with van der Waals surface area (Å²) in [5.74, 6) is -1.49. The Hall–Kier alpha value is -1.77. The van der Waals surface area contributed by atoms with E-state index in [1.807, 2.05) is 0 Å². The van der Waals surface area contributed by atoms with Crippen molar-refractivity contribution in [1.29, 1.82) is 0 Å². The molecular formula is C17H21F6NO2. The van der Waals surface area contributed by atoms with Gasteiger partial charge in [0.05, 0.1) is 11.1 Å². The second-order valence-electron chi connectivity index (χ2n) is 6.61. The van der Waals surface area contributed by atoms with Crippen molar-refractivity contribution in [2.24, 2.45) is 11.7 Å². The molecule has 0 aliphatic carbocycles. The van der Waals surface area contributed by atoms with E-state index in [9.17, 15) is 31.1 Å². The number of carboxylic acids is 1. The fourth-order valence-corrected chi connectivity index (χ4v) is 2.73. The number of carboxylic acid groups (broad SMARTS) is 1. The molecule has 0 saturated heterocycles. The smallest absolute Gasteiger partial charge is 0.416 e. The zero-order chi connectivity index (χ0) is 20.3. The third-order valence-corrected chi connectivity index (χ3v) is 4.34. The van der Waals surface area contributed by atoms with Crippen molar-refractivity contribution < 1.29 is 36.2 Å². The predicted octanol–water partition coefficient (Wildman–Crippen LogP) is 4.88. The molecule has 0 spiro atoms. The van der Waals surface area contributed by atoms with Crippen LogP contribution in [-0.4, -0.2) is 16.6 Å². The molecule has 0 amide bonds. The van der Waals surface area contributed by atoms with Gasteiger partial charge in [-0.2, -0.15) is 26.3 Å². The molecule has 0 fully saturated rings. The molecule has 1 aromatic rings. The maximum atomic E-state index is 13.1. The molecule has 1 aromatic carbocycles. The molecule has 2 atom stereocenters. The number of aliphatic carboxylic acids is 1. The highest BCUT2D eigenvalue weighted by atomic mass is 19.4. The Bertz CT molecular complexity index is 637. The molecule has 1 rings (SSSR count). The van der Waals surface area contributed by atoms with Gasteiger partial charge in [-0.25, -0.2) is 0 Å². The van der Waals surface area contributed by atoms with Crippen LogP contribution in [-0.2, 0) is 23.6 Å². The zero-order valence-corrected chi connectivity index (χ0v) is 14.3. The minimum absolute atomic E-state index is 0.0564. The van der Waals surface area contributed by atoms with Gasteiger partial charge in [-0.05, 0) is 49.8 Å². The van der Waals surface area contributed by atoms with Crippen LogP contribution in [0.4, 0.5) is 26.3 Å². The number of halogens is 6. The van der Waals surface area contributed by atoms with Gasteiger partial charge in [-0.15, -0.1) is 0 Å². The summed E-state index contributed by atoms with van der Waals surface area (Å²) in [7, 11) is 0. The molecule has 0 heterocycles. The van der Waals surface area contributed by atoms with Gasteiger partial charge in [0.1, 0.15) is 5.54 Å². The van der Waals surface area contributed by atoms with Gasteiger partial charge >= 0.3 is 18.3 Å². The molecule has 0 radical (unpaired) electrons. The summed E-state index contributed by atoms with van der Waals surface area (Å²) in [4.78, 5) is 11.1. The Kier molecular flexibility index (Phi) is 6.73. The first-order valence-corrected chi connectivity index (χ1v) is 7.98. The number of nitrogens with two attached hydrogens (primary N) is 1. The van der Waals surface area contributed by atoms with Gasteiger partial charge in [0.25, 0.3) is 0 Å². The van der Waals surface area contributed by atoms with E-state index < -0.39 is 35.0 Å². The number of benzene rings is 1. The summed E-state index contributed by atoms with van der Waals surface area (Å²) in [6.07, 6.45) is -9.18. The highest BCUT2D eigenvalue weighted by Crippen LogP contribution is 2.38. The van der Waals surface area contributed by atoms with Gasteiger partial charge in [-0.1, -0.05) is 19.4 Å². The van der Waals surface area contributed by atoms with Gasteiger partial charge in [0.15, 0.2) is 0 Å². The number of alkyl halides is 6. The van der Waals surface area contributed by atoms with Crippen LogP contribution in [0.3, 0.4) is 0 Å². The Morgan fingerprint density at radius 1 is 1.15 bits per heavy atom. The monoisotopic (exact) mass is 385 g/mol. The SMILES string of the molecule is CCC(CCc1ccc(C(F)(F)F)cc1C(F)(F)F)CC(C)(N)C(=O)O. The normalized spacial score (nSPS) is 16.2. The van der Waals surface area contributed by atoms with Gasteiger partial charge in [0, 0.05) is 0 Å². The van der Waals surface area contributed by atoms with Crippen LogP contribution in [0, 0.1) is 5.92 Å². The minimum atomic E-state index is -4.91. The standard InChI is InChI=1S/C17H21F6NO2/c1-3-10(9-15(2,24)14(25)26)4-5-11-6-7-12(16(18,19)20)8-13(11)17(21,22)23/h6-8,10H,3-5,9,24H2,1-2H3,(H,25,26). The van der Waals surface area contributed by atoms with E-state index in [1.54, 1.807) is 6.92 Å². The van der Waals surface area contributed by atoms with Gasteiger partial charge in [-0.3, -0.25) is 4.79 Å². The van der Waals surface area contributed by atoms with Crippen LogP contribution in [0.1, 0.15) is 49.8 Å². The van der Waals surface area contributed by atoms with Gasteiger partial charge < -0.3 is 10.8 Å². The lowest BCUT2D eigenvalue weighted by molar-refractivity contribution is -0.144. The lowest BCUT2D eigenvalue weighted by atomic mass is 9.84. The first kappa shape index (κ1) is 22.3. The number of hydrogen-bond donors (Lipinski definition) is 2. The Morgan fingerprint density at radius 3 is 2.15 bits per heavy atom. The summed E-state index contributed by atoms with van der Waals surface area (Å²) in [6, 6.07) is 1.56. The highest BCUT2D eigenvalue weighted by molar-refractivity contribution is 5.77. The Labute approximate surface area is 147 Å². The largest absolute Gasteiger partial charge is 0.480 e. The summed E-state index contributed by atoms with van der Waals surface area (Å²) in [5, 5.41) is 9.05. The molecule has 0 bridgehead atoms. The van der Waals surface area contributed by atoms with Crippen LogP contribution in [0.15, 0.2) is 18.2 Å². The van der Waals surface area contributed by atoms with Crippen molar-refractivity contribution in [3.8, 4) is 0 Å². The summed E-state index contributed by atoms with van der Waals surface area (Å²) in [5.41, 5.74) is 1.21. The molecule has 3 nitrogen and oxygen atoms in total. The van der Waals surface area contributed by atoms with Crippen molar-refractivity contribution in [2.45, 2.75) is 57.4 Å². The number of rotatable bonds is 7. The quantitative estimate of drug-likeness (QED) is 0.658. The number of hydrogen-bond acceptors (Lipinski definition) is 2. The number of carbonyl (C=O) groups is 1. The van der Waals surface area contributed by atoms with E-state index in [4.69, 9.17) is 10.8 Å². The van der Waals surface area contributed by atoms with E-state index in [2.05, 4.69) is 0 Å². The maximum absolute atomic E-state index is 13.1. The van der Waals surface area contributed by atoms with Crippen LogP contribution >= 0.6 is 0 Å². The van der Waals surface area contributed by atoms with Crippen molar-refractivity contribution >= 4 is 5.97 Å². The van der Waals surface area contributed by atoms with E-state index in [0.29, 0.717) is 12.5 Å². The lowest BCUT2D eigenvalue weighted by Crippen LogP contribution is -2.46. The molecule has 0 saturated carbocycles. The van der Waals surface area contributed by atoms with Crippen molar-refractivity contribution in [3.63, 3.8) is 0 Å². The van der Waals surface area contributed by atoms with Crippen LogP contribution in [0.5, 0.6) is 0 Å². The third-order valence-electron chi connectivity index (χ3n) is 4.34. The first-order chi connectivity index (χ1) is 11.7. The average Bonchev–Trinajstić information content (AvgIpc) is 2.49. The van der Waals surface area contributed by atoms with E-state index in [0.717, 1.165) is 6.07 Å². The van der Waals surface area contributed by atoms with Crippen molar-refractivity contribution in [1.82, 2.24) is 0 Å². The molecule has 9 heteroatoms. The topological polar surface area (TPSA) is 63.3 Å². The molecule has 0 aromatic heterocycles. The molecule has 148 valence electrons. The second-order valence-corrected chi connectivity index (χ2v) is 6.61. The Morgan fingerprint density at radius 2 is 1.73 bits per heavy atom. The summed E-state index contributed by atoms with van der Waals surface area (Å²) < 4.78 is 77.4. The number of aryl methyl sites for hydroxylation is 1. The van der Waals surface area contributed by atoms with E-state index >= 15 is 0 Å². The Balaban J connectivity index is 3.03. The van der Waals surface area contributed by atoms with Crippen molar-refractivity contribution in [3.05, 3.63) is 34.9 Å². The lowest BCUT2D eigenvalue weighted by Gasteiger charge is -2.25. The molecule has 0 aliphatic rings. The molecule has 3 N–H and O–H groups in total. The zero-order valence-electron chi connectivity index (χ0n) is 14.3. The maximum Gasteiger partial charge on any atom is 0.416 e. The fourth-order valence-electron chi connectivity index (χ4n) is 2.73. The minimum Gasteiger partial charge on any atom is -0.480 e. The molecule has 26 heavy (non-hydrogen) atoms. The predicted molar refractivity (Wildman–Crippen MR) is 83.4 cm³/mol. The van der Waals surface area contributed by atoms with Crippen LogP contribution in [0.2, 0.25) is 0 Å². The van der Waals surface area contributed by atoms with E-state index in [1.165, 1.54) is 6.92 Å². The highest BCUT2D eigenvalue weighted by Gasteiger charge is 2.38. The fraction of sp³-hybridized carbons (Fsp3) is 0.588. The third kappa shape index (κ3) is 5.89. The van der Waals surface area contributed by atoms with Gasteiger partial charge in [0.2, 0.25) is 0 Å². The second kappa shape index (κ2) is 7.85. The molecular weight excluding hydrogens is 364 g/mol. The molecule has 0 aliphatic heterocycles. The van der Waals surface area contributed by atoms with E-state index in [-0.39, 0.29) is 36.8 Å². The summed E-state index contributed by atoms with van der Waals surface area (Å²) in [6.45, 7) is 3.07. The van der Waals surface area contributed by atoms with Crippen molar-refractivity contribution in [2.75, 3.05) is 0 Å². The first-order valence-electron chi connectivity index (χ1n) is 7.98. The van der Waals surface area contributed by atoms with Crippen LogP contribution in [0.25, 0.3) is 0 Å². The van der Waals surface area contributed by atoms with Crippen LogP contribution < -0.4 is 5.73 Å².